The molecule has 0 fully saturated rings. The van der Waals surface area contributed by atoms with Crippen LogP contribution in [0.3, 0.4) is 0 Å². The third kappa shape index (κ3) is 4.66. The minimum absolute atomic E-state index is 0.0562. The number of rotatable bonds is 7. The van der Waals surface area contributed by atoms with Gasteiger partial charge in [-0.15, -0.1) is 0 Å². The Morgan fingerprint density at radius 2 is 1.96 bits per heavy atom. The highest BCUT2D eigenvalue weighted by atomic mass is 16.5. The standard InChI is InChI=1S/C19H21N5O2/c1-24(2)15-8-6-14(7-9-15)13-21-17(25)10-11-18-22-19(23-26-18)16-5-3-4-12-20-16/h3-9,12H,10-11,13H2,1-2H3,(H,21,25). The highest BCUT2D eigenvalue weighted by Crippen LogP contribution is 2.13. The van der Waals surface area contributed by atoms with Crippen LogP contribution in [0.15, 0.2) is 53.2 Å². The van der Waals surface area contributed by atoms with Gasteiger partial charge in [-0.05, 0) is 29.8 Å². The van der Waals surface area contributed by atoms with Crippen molar-refractivity contribution in [3.05, 3.63) is 60.1 Å². The van der Waals surface area contributed by atoms with Crippen molar-refractivity contribution in [1.82, 2.24) is 20.4 Å². The Balaban J connectivity index is 1.46. The van der Waals surface area contributed by atoms with Crippen LogP contribution >= 0.6 is 0 Å². The molecule has 1 N–H and O–H groups in total. The van der Waals surface area contributed by atoms with Crippen molar-refractivity contribution >= 4 is 11.6 Å². The number of aryl methyl sites for hydroxylation is 1. The molecule has 3 aromatic rings. The molecule has 0 atom stereocenters. The predicted molar refractivity (Wildman–Crippen MR) is 98.5 cm³/mol. The van der Waals surface area contributed by atoms with Gasteiger partial charge in [-0.2, -0.15) is 4.98 Å². The first-order valence-corrected chi connectivity index (χ1v) is 8.39. The van der Waals surface area contributed by atoms with Crippen LogP contribution in [-0.4, -0.2) is 35.1 Å². The van der Waals surface area contributed by atoms with Gasteiger partial charge in [-0.1, -0.05) is 23.4 Å². The molecule has 0 spiro atoms. The fraction of sp³-hybridized carbons (Fsp3) is 0.263. The van der Waals surface area contributed by atoms with Crippen LogP contribution in [-0.2, 0) is 17.8 Å². The SMILES string of the molecule is CN(C)c1ccc(CNC(=O)CCc2nc(-c3ccccn3)no2)cc1. The minimum Gasteiger partial charge on any atom is -0.378 e. The summed E-state index contributed by atoms with van der Waals surface area (Å²) in [6, 6.07) is 13.6. The van der Waals surface area contributed by atoms with Crippen molar-refractivity contribution in [2.75, 3.05) is 19.0 Å². The molecule has 0 aliphatic heterocycles. The first-order valence-electron chi connectivity index (χ1n) is 8.39. The van der Waals surface area contributed by atoms with Crippen molar-refractivity contribution < 1.29 is 9.32 Å². The number of aromatic nitrogens is 3. The topological polar surface area (TPSA) is 84.2 Å². The first-order chi connectivity index (χ1) is 12.6. The summed E-state index contributed by atoms with van der Waals surface area (Å²) in [5.74, 6) is 0.803. The number of hydrogen-bond acceptors (Lipinski definition) is 6. The van der Waals surface area contributed by atoms with E-state index in [0.717, 1.165) is 11.3 Å². The number of nitrogens with one attached hydrogen (secondary N) is 1. The molecule has 0 aliphatic rings. The lowest BCUT2D eigenvalue weighted by atomic mass is 10.2. The molecule has 7 heteroatoms. The molecular weight excluding hydrogens is 330 g/mol. The van der Waals surface area contributed by atoms with Crippen LogP contribution in [0.5, 0.6) is 0 Å². The van der Waals surface area contributed by atoms with E-state index in [-0.39, 0.29) is 5.91 Å². The van der Waals surface area contributed by atoms with Crippen molar-refractivity contribution in [3.8, 4) is 11.5 Å². The molecular formula is C19H21N5O2. The van der Waals surface area contributed by atoms with Gasteiger partial charge in [-0.25, -0.2) is 0 Å². The highest BCUT2D eigenvalue weighted by Gasteiger charge is 2.11. The summed E-state index contributed by atoms with van der Waals surface area (Å²) in [4.78, 5) is 22.5. The van der Waals surface area contributed by atoms with Gasteiger partial charge in [0.15, 0.2) is 0 Å². The Morgan fingerprint density at radius 1 is 1.15 bits per heavy atom. The number of carbonyl (C=O) groups excluding carboxylic acids is 1. The molecule has 26 heavy (non-hydrogen) atoms. The van der Waals surface area contributed by atoms with E-state index in [0.29, 0.717) is 36.8 Å². The van der Waals surface area contributed by atoms with Crippen LogP contribution in [0.4, 0.5) is 5.69 Å². The van der Waals surface area contributed by atoms with Crippen LogP contribution in [0.1, 0.15) is 17.9 Å². The Hall–Kier alpha value is -3.22. The van der Waals surface area contributed by atoms with Gasteiger partial charge in [0.1, 0.15) is 5.69 Å². The lowest BCUT2D eigenvalue weighted by Gasteiger charge is -2.12. The van der Waals surface area contributed by atoms with Gasteiger partial charge >= 0.3 is 0 Å². The quantitative estimate of drug-likeness (QED) is 0.704. The highest BCUT2D eigenvalue weighted by molar-refractivity contribution is 5.76. The normalized spacial score (nSPS) is 10.5. The van der Waals surface area contributed by atoms with Crippen LogP contribution < -0.4 is 10.2 Å². The fourth-order valence-corrected chi connectivity index (χ4v) is 2.38. The van der Waals surface area contributed by atoms with Crippen LogP contribution in [0.25, 0.3) is 11.5 Å². The Labute approximate surface area is 152 Å². The van der Waals surface area contributed by atoms with Gasteiger partial charge in [0.05, 0.1) is 0 Å². The molecule has 0 saturated carbocycles. The second-order valence-corrected chi connectivity index (χ2v) is 6.06. The summed E-state index contributed by atoms with van der Waals surface area (Å²) >= 11 is 0. The molecule has 134 valence electrons. The second kappa shape index (κ2) is 8.24. The van der Waals surface area contributed by atoms with Gasteiger partial charge in [0.2, 0.25) is 17.6 Å². The van der Waals surface area contributed by atoms with Gasteiger partial charge < -0.3 is 14.7 Å². The van der Waals surface area contributed by atoms with Crippen LogP contribution in [0, 0.1) is 0 Å². The van der Waals surface area contributed by atoms with Crippen molar-refractivity contribution in [3.63, 3.8) is 0 Å². The molecule has 0 unspecified atom stereocenters. The lowest BCUT2D eigenvalue weighted by Crippen LogP contribution is -2.23. The minimum atomic E-state index is -0.0562. The van der Waals surface area contributed by atoms with E-state index in [4.69, 9.17) is 4.52 Å². The average molecular weight is 351 g/mol. The Bertz CT molecular complexity index is 844. The Morgan fingerprint density at radius 3 is 2.65 bits per heavy atom. The van der Waals surface area contributed by atoms with E-state index < -0.39 is 0 Å². The van der Waals surface area contributed by atoms with Gasteiger partial charge in [0.25, 0.3) is 0 Å². The molecule has 0 radical (unpaired) electrons. The monoisotopic (exact) mass is 351 g/mol. The number of anilines is 1. The van der Waals surface area contributed by atoms with Gasteiger partial charge in [-0.3, -0.25) is 9.78 Å². The van der Waals surface area contributed by atoms with Crippen LogP contribution in [0.2, 0.25) is 0 Å². The molecule has 1 amide bonds. The van der Waals surface area contributed by atoms with E-state index in [1.165, 1.54) is 0 Å². The third-order valence-corrected chi connectivity index (χ3v) is 3.87. The number of carbonyl (C=O) groups is 1. The van der Waals surface area contributed by atoms with Crippen molar-refractivity contribution in [2.45, 2.75) is 19.4 Å². The van der Waals surface area contributed by atoms with E-state index in [2.05, 4.69) is 20.4 Å². The van der Waals surface area contributed by atoms with E-state index in [9.17, 15) is 4.79 Å². The zero-order valence-electron chi connectivity index (χ0n) is 14.8. The molecule has 2 aromatic heterocycles. The van der Waals surface area contributed by atoms with E-state index in [1.807, 2.05) is 61.5 Å². The number of benzene rings is 1. The molecule has 3 rings (SSSR count). The largest absolute Gasteiger partial charge is 0.378 e. The van der Waals surface area contributed by atoms with Gasteiger partial charge in [0, 0.05) is 45.4 Å². The lowest BCUT2D eigenvalue weighted by molar-refractivity contribution is -0.121. The molecule has 2 heterocycles. The van der Waals surface area contributed by atoms with E-state index >= 15 is 0 Å². The Kier molecular flexibility index (Phi) is 5.58. The summed E-state index contributed by atoms with van der Waals surface area (Å²) in [5, 5.41) is 6.80. The summed E-state index contributed by atoms with van der Waals surface area (Å²) in [6.45, 7) is 0.496. The zero-order valence-corrected chi connectivity index (χ0v) is 14.8. The maximum absolute atomic E-state index is 12.0. The summed E-state index contributed by atoms with van der Waals surface area (Å²) < 4.78 is 5.18. The molecule has 0 aliphatic carbocycles. The summed E-state index contributed by atoms with van der Waals surface area (Å²) in [6.07, 6.45) is 2.36. The summed E-state index contributed by atoms with van der Waals surface area (Å²) in [5.41, 5.74) is 2.83. The van der Waals surface area contributed by atoms with Crippen molar-refractivity contribution in [2.24, 2.45) is 0 Å². The maximum Gasteiger partial charge on any atom is 0.227 e. The number of nitrogens with zero attached hydrogens (tertiary/aromatic N) is 4. The molecule has 1 aromatic carbocycles. The smallest absolute Gasteiger partial charge is 0.227 e. The second-order valence-electron chi connectivity index (χ2n) is 6.06. The average Bonchev–Trinajstić information content (AvgIpc) is 3.15. The zero-order chi connectivity index (χ0) is 18.4. The summed E-state index contributed by atoms with van der Waals surface area (Å²) in [7, 11) is 3.99. The molecule has 7 nitrogen and oxygen atoms in total. The number of hydrogen-bond donors (Lipinski definition) is 1. The third-order valence-electron chi connectivity index (χ3n) is 3.87. The number of pyridine rings is 1. The van der Waals surface area contributed by atoms with Crippen molar-refractivity contribution in [1.29, 1.82) is 0 Å². The predicted octanol–water partition coefficient (Wildman–Crippen LogP) is 2.45. The first kappa shape index (κ1) is 17.6. The maximum atomic E-state index is 12.0. The molecule has 0 saturated heterocycles. The molecule has 0 bridgehead atoms. The fourth-order valence-electron chi connectivity index (χ4n) is 2.38. The number of amides is 1. The van der Waals surface area contributed by atoms with E-state index in [1.54, 1.807) is 6.20 Å².